The van der Waals surface area contributed by atoms with Crippen molar-refractivity contribution in [3.05, 3.63) is 16.1 Å². The minimum absolute atomic E-state index is 0.116. The van der Waals surface area contributed by atoms with Crippen LogP contribution < -0.4 is 5.32 Å². The Morgan fingerprint density at radius 1 is 1.45 bits per heavy atom. The maximum Gasteiger partial charge on any atom is 0.325 e. The van der Waals surface area contributed by atoms with Crippen molar-refractivity contribution in [3.8, 4) is 0 Å². The number of thiazole rings is 1. The molecule has 0 aliphatic carbocycles. The predicted molar refractivity (Wildman–Crippen MR) is 73.3 cm³/mol. The average Bonchev–Trinajstić information content (AvgIpc) is 2.98. The Balaban J connectivity index is 1.71. The van der Waals surface area contributed by atoms with Gasteiger partial charge in [0.15, 0.2) is 0 Å². The summed E-state index contributed by atoms with van der Waals surface area (Å²) >= 11 is 1.47. The number of imide groups is 1. The number of carbonyl (C=O) groups excluding carboxylic acids is 2. The Labute approximate surface area is 121 Å². The van der Waals surface area contributed by atoms with E-state index in [1.54, 1.807) is 5.51 Å². The normalized spacial score (nSPS) is 24.2. The lowest BCUT2D eigenvalue weighted by Crippen LogP contribution is -2.40. The molecule has 2 fully saturated rings. The number of ether oxygens (including phenoxy) is 1. The minimum atomic E-state index is -0.389. The quantitative estimate of drug-likeness (QED) is 0.853. The Kier molecular flexibility index (Phi) is 3.71. The SMILES string of the molecule is Cc1ncsc1CN1C(=O)NC(C2CCOCC2)C1=O. The number of aromatic nitrogens is 1. The van der Waals surface area contributed by atoms with E-state index >= 15 is 0 Å². The lowest BCUT2D eigenvalue weighted by molar-refractivity contribution is -0.129. The van der Waals surface area contributed by atoms with Gasteiger partial charge in [-0.1, -0.05) is 0 Å². The maximum atomic E-state index is 12.4. The molecule has 20 heavy (non-hydrogen) atoms. The molecule has 0 saturated carbocycles. The molecule has 1 unspecified atom stereocenters. The molecule has 7 heteroatoms. The fraction of sp³-hybridized carbons (Fsp3) is 0.615. The van der Waals surface area contributed by atoms with Gasteiger partial charge in [-0.25, -0.2) is 9.78 Å². The number of rotatable bonds is 3. The first-order valence-electron chi connectivity index (χ1n) is 6.75. The van der Waals surface area contributed by atoms with Gasteiger partial charge < -0.3 is 10.1 Å². The average molecular weight is 295 g/mol. The van der Waals surface area contributed by atoms with Crippen LogP contribution in [0.4, 0.5) is 4.79 Å². The number of aryl methyl sites for hydroxylation is 1. The molecule has 1 aromatic rings. The summed E-state index contributed by atoms with van der Waals surface area (Å²) in [4.78, 5) is 30.9. The van der Waals surface area contributed by atoms with Gasteiger partial charge in [-0.3, -0.25) is 9.69 Å². The molecule has 0 radical (unpaired) electrons. The van der Waals surface area contributed by atoms with Crippen LogP contribution in [-0.2, 0) is 16.1 Å². The van der Waals surface area contributed by atoms with Crippen LogP contribution in [0.25, 0.3) is 0 Å². The topological polar surface area (TPSA) is 71.5 Å². The molecule has 2 aliphatic heterocycles. The summed E-state index contributed by atoms with van der Waals surface area (Å²) in [7, 11) is 0. The zero-order valence-electron chi connectivity index (χ0n) is 11.3. The number of nitrogens with one attached hydrogen (secondary N) is 1. The molecule has 0 bridgehead atoms. The van der Waals surface area contributed by atoms with Crippen molar-refractivity contribution in [3.63, 3.8) is 0 Å². The fourth-order valence-corrected chi connectivity index (χ4v) is 3.45. The first-order chi connectivity index (χ1) is 9.66. The van der Waals surface area contributed by atoms with Crippen LogP contribution in [0.1, 0.15) is 23.4 Å². The highest BCUT2D eigenvalue weighted by Gasteiger charge is 2.42. The van der Waals surface area contributed by atoms with Crippen molar-refractivity contribution >= 4 is 23.3 Å². The number of amides is 3. The highest BCUT2D eigenvalue weighted by atomic mass is 32.1. The van der Waals surface area contributed by atoms with E-state index in [1.807, 2.05) is 6.92 Å². The van der Waals surface area contributed by atoms with Crippen LogP contribution in [0.15, 0.2) is 5.51 Å². The zero-order valence-corrected chi connectivity index (χ0v) is 12.1. The predicted octanol–water partition coefficient (Wildman–Crippen LogP) is 1.30. The van der Waals surface area contributed by atoms with Gasteiger partial charge in [-0.2, -0.15) is 0 Å². The third kappa shape index (κ3) is 2.43. The zero-order chi connectivity index (χ0) is 14.1. The van der Waals surface area contributed by atoms with Crippen molar-refractivity contribution in [2.45, 2.75) is 32.4 Å². The van der Waals surface area contributed by atoms with Crippen LogP contribution in [-0.4, -0.2) is 41.1 Å². The van der Waals surface area contributed by atoms with Crippen molar-refractivity contribution in [1.29, 1.82) is 0 Å². The van der Waals surface area contributed by atoms with Crippen LogP contribution in [0.3, 0.4) is 0 Å². The number of hydrogen-bond donors (Lipinski definition) is 1. The number of nitrogens with zero attached hydrogens (tertiary/aromatic N) is 2. The van der Waals surface area contributed by atoms with E-state index in [9.17, 15) is 9.59 Å². The van der Waals surface area contributed by atoms with Crippen LogP contribution in [0.2, 0.25) is 0 Å². The second-order valence-corrected chi connectivity index (χ2v) is 6.10. The molecule has 0 aromatic carbocycles. The van der Waals surface area contributed by atoms with Crippen LogP contribution >= 0.6 is 11.3 Å². The second kappa shape index (κ2) is 5.49. The molecule has 3 heterocycles. The highest BCUT2D eigenvalue weighted by molar-refractivity contribution is 7.09. The Bertz CT molecular complexity index is 525. The molecule has 2 aliphatic rings. The van der Waals surface area contributed by atoms with E-state index in [-0.39, 0.29) is 23.9 Å². The summed E-state index contributed by atoms with van der Waals surface area (Å²) in [5, 5.41) is 2.82. The lowest BCUT2D eigenvalue weighted by Gasteiger charge is -2.25. The van der Waals surface area contributed by atoms with Gasteiger partial charge in [-0.15, -0.1) is 11.3 Å². The van der Waals surface area contributed by atoms with Gasteiger partial charge in [0, 0.05) is 18.1 Å². The summed E-state index contributed by atoms with van der Waals surface area (Å²) in [6.45, 7) is 3.54. The molecule has 108 valence electrons. The van der Waals surface area contributed by atoms with Gasteiger partial charge in [0.05, 0.1) is 17.7 Å². The van der Waals surface area contributed by atoms with E-state index in [4.69, 9.17) is 4.74 Å². The fourth-order valence-electron chi connectivity index (χ4n) is 2.68. The van der Waals surface area contributed by atoms with Crippen molar-refractivity contribution in [2.75, 3.05) is 13.2 Å². The Morgan fingerprint density at radius 3 is 2.85 bits per heavy atom. The molecule has 1 atom stereocenters. The minimum Gasteiger partial charge on any atom is -0.381 e. The highest BCUT2D eigenvalue weighted by Crippen LogP contribution is 2.25. The van der Waals surface area contributed by atoms with E-state index < -0.39 is 0 Å². The summed E-state index contributed by atoms with van der Waals surface area (Å²) < 4.78 is 5.30. The molecule has 3 rings (SSSR count). The number of urea groups is 1. The lowest BCUT2D eigenvalue weighted by atomic mass is 9.92. The van der Waals surface area contributed by atoms with Crippen LogP contribution in [0.5, 0.6) is 0 Å². The van der Waals surface area contributed by atoms with E-state index in [0.717, 1.165) is 23.4 Å². The van der Waals surface area contributed by atoms with Crippen molar-refractivity contribution < 1.29 is 14.3 Å². The third-order valence-corrected chi connectivity index (χ3v) is 4.86. The molecule has 1 aromatic heterocycles. The van der Waals surface area contributed by atoms with Gasteiger partial charge in [-0.05, 0) is 25.7 Å². The summed E-state index contributed by atoms with van der Waals surface area (Å²) in [6, 6.07) is -0.682. The van der Waals surface area contributed by atoms with Gasteiger partial charge in [0.2, 0.25) is 0 Å². The molecular weight excluding hydrogens is 278 g/mol. The van der Waals surface area contributed by atoms with Crippen molar-refractivity contribution in [1.82, 2.24) is 15.2 Å². The molecule has 0 spiro atoms. The monoisotopic (exact) mass is 295 g/mol. The Morgan fingerprint density at radius 2 is 2.20 bits per heavy atom. The van der Waals surface area contributed by atoms with E-state index in [2.05, 4.69) is 10.3 Å². The maximum absolute atomic E-state index is 12.4. The first kappa shape index (κ1) is 13.5. The first-order valence-corrected chi connectivity index (χ1v) is 7.63. The summed E-state index contributed by atoms with van der Waals surface area (Å²) in [6.07, 6.45) is 1.65. The molecule has 3 amide bonds. The number of carbonyl (C=O) groups is 2. The van der Waals surface area contributed by atoms with Crippen LogP contribution in [0, 0.1) is 12.8 Å². The molecular formula is C13H17N3O3S. The van der Waals surface area contributed by atoms with E-state index in [0.29, 0.717) is 19.8 Å². The third-order valence-electron chi connectivity index (χ3n) is 3.94. The molecule has 1 N–H and O–H groups in total. The number of hydrogen-bond acceptors (Lipinski definition) is 5. The van der Waals surface area contributed by atoms with Gasteiger partial charge >= 0.3 is 6.03 Å². The molecule has 6 nitrogen and oxygen atoms in total. The standard InChI is InChI=1S/C13H17N3O3S/c1-8-10(20-7-14-8)6-16-12(17)11(15-13(16)18)9-2-4-19-5-3-9/h7,9,11H,2-6H2,1H3,(H,15,18). The summed E-state index contributed by atoms with van der Waals surface area (Å²) in [5.41, 5.74) is 2.61. The largest absolute Gasteiger partial charge is 0.381 e. The van der Waals surface area contributed by atoms with E-state index in [1.165, 1.54) is 16.2 Å². The smallest absolute Gasteiger partial charge is 0.325 e. The second-order valence-electron chi connectivity index (χ2n) is 5.16. The van der Waals surface area contributed by atoms with Crippen molar-refractivity contribution in [2.24, 2.45) is 5.92 Å². The summed E-state index contributed by atoms with van der Waals surface area (Å²) in [5.74, 6) is 0.0717. The Hall–Kier alpha value is -1.47. The molecule has 2 saturated heterocycles. The van der Waals surface area contributed by atoms with Gasteiger partial charge in [0.25, 0.3) is 5.91 Å². The van der Waals surface area contributed by atoms with Gasteiger partial charge in [0.1, 0.15) is 6.04 Å².